The van der Waals surface area contributed by atoms with Crippen LogP contribution < -0.4 is 0 Å². The Balaban J connectivity index is 1.75. The van der Waals surface area contributed by atoms with Gasteiger partial charge in [-0.05, 0) is 19.4 Å². The molecule has 2 heterocycles. The van der Waals surface area contributed by atoms with Gasteiger partial charge < -0.3 is 9.84 Å². The van der Waals surface area contributed by atoms with Gasteiger partial charge in [0.1, 0.15) is 0 Å². The summed E-state index contributed by atoms with van der Waals surface area (Å²) in [6, 6.07) is 0.247. The van der Waals surface area contributed by atoms with E-state index in [0.717, 1.165) is 52.4 Å². The van der Waals surface area contributed by atoms with Crippen LogP contribution in [-0.2, 0) is 9.53 Å². The van der Waals surface area contributed by atoms with Crippen molar-refractivity contribution in [3.63, 3.8) is 0 Å². The number of hydrogen-bond acceptors (Lipinski definition) is 4. The van der Waals surface area contributed by atoms with Crippen LogP contribution in [0.5, 0.6) is 0 Å². The van der Waals surface area contributed by atoms with Crippen LogP contribution in [0.3, 0.4) is 0 Å². The number of piperidine rings is 1. The summed E-state index contributed by atoms with van der Waals surface area (Å²) in [6.07, 6.45) is 3.71. The maximum atomic E-state index is 10.9. The molecule has 5 heteroatoms. The molecule has 2 saturated heterocycles. The van der Waals surface area contributed by atoms with E-state index in [1.54, 1.807) is 0 Å². The van der Waals surface area contributed by atoms with E-state index in [1.807, 2.05) is 0 Å². The molecule has 0 bridgehead atoms. The van der Waals surface area contributed by atoms with Crippen LogP contribution in [0.25, 0.3) is 0 Å². The van der Waals surface area contributed by atoms with Crippen molar-refractivity contribution in [1.29, 1.82) is 0 Å². The first-order chi connectivity index (χ1) is 8.75. The van der Waals surface area contributed by atoms with Crippen molar-refractivity contribution in [2.24, 2.45) is 0 Å². The van der Waals surface area contributed by atoms with Crippen LogP contribution in [0, 0.1) is 0 Å². The van der Waals surface area contributed by atoms with Gasteiger partial charge in [0.15, 0.2) is 0 Å². The molecule has 0 aromatic heterocycles. The molecule has 1 unspecified atom stereocenters. The lowest BCUT2D eigenvalue weighted by Crippen LogP contribution is -2.46. The average molecular weight is 256 g/mol. The van der Waals surface area contributed by atoms with Crippen molar-refractivity contribution in [2.45, 2.75) is 31.7 Å². The van der Waals surface area contributed by atoms with Crippen molar-refractivity contribution >= 4 is 5.97 Å². The highest BCUT2D eigenvalue weighted by molar-refractivity contribution is 5.67. The number of carboxylic acids is 1. The zero-order valence-electron chi connectivity index (χ0n) is 11.0. The molecule has 0 aliphatic carbocycles. The van der Waals surface area contributed by atoms with Crippen molar-refractivity contribution in [1.82, 2.24) is 9.80 Å². The zero-order chi connectivity index (χ0) is 12.8. The third-order valence-corrected chi connectivity index (χ3v) is 3.97. The van der Waals surface area contributed by atoms with Gasteiger partial charge in [-0.15, -0.1) is 0 Å². The standard InChI is InChI=1S/C13H24N2O3/c16-13(17)11-12-3-1-2-4-15(12)6-5-14-7-9-18-10-8-14/h12H,1-11H2,(H,16,17). The maximum absolute atomic E-state index is 10.9. The van der Waals surface area contributed by atoms with E-state index >= 15 is 0 Å². The fourth-order valence-corrected chi connectivity index (χ4v) is 2.88. The van der Waals surface area contributed by atoms with Gasteiger partial charge >= 0.3 is 5.97 Å². The quantitative estimate of drug-likeness (QED) is 0.782. The van der Waals surface area contributed by atoms with E-state index in [2.05, 4.69) is 9.80 Å². The predicted octanol–water partition coefficient (Wildman–Crippen LogP) is 0.648. The average Bonchev–Trinajstić information content (AvgIpc) is 2.38. The van der Waals surface area contributed by atoms with E-state index in [-0.39, 0.29) is 6.04 Å². The first kappa shape index (κ1) is 13.8. The minimum absolute atomic E-state index is 0.247. The van der Waals surface area contributed by atoms with Crippen molar-refractivity contribution in [3.05, 3.63) is 0 Å². The van der Waals surface area contributed by atoms with Crippen LogP contribution >= 0.6 is 0 Å². The molecule has 2 aliphatic heterocycles. The Morgan fingerprint density at radius 2 is 1.94 bits per heavy atom. The fraction of sp³-hybridized carbons (Fsp3) is 0.923. The number of likely N-dealkylation sites (tertiary alicyclic amines) is 1. The number of carboxylic acid groups (broad SMARTS) is 1. The molecule has 0 saturated carbocycles. The zero-order valence-corrected chi connectivity index (χ0v) is 11.0. The van der Waals surface area contributed by atoms with Gasteiger partial charge in [0.05, 0.1) is 19.6 Å². The molecule has 0 aromatic rings. The van der Waals surface area contributed by atoms with Crippen LogP contribution in [0.2, 0.25) is 0 Å². The summed E-state index contributed by atoms with van der Waals surface area (Å²) in [5.74, 6) is -0.668. The fourth-order valence-electron chi connectivity index (χ4n) is 2.88. The van der Waals surface area contributed by atoms with E-state index < -0.39 is 5.97 Å². The van der Waals surface area contributed by atoms with Crippen LogP contribution in [0.1, 0.15) is 25.7 Å². The van der Waals surface area contributed by atoms with Gasteiger partial charge in [0.2, 0.25) is 0 Å². The highest BCUT2D eigenvalue weighted by Crippen LogP contribution is 2.19. The van der Waals surface area contributed by atoms with Crippen LogP contribution in [0.4, 0.5) is 0 Å². The Kier molecular flexibility index (Phi) is 5.41. The number of ether oxygens (including phenoxy) is 1. The second kappa shape index (κ2) is 7.07. The molecule has 2 aliphatic rings. The number of carbonyl (C=O) groups is 1. The minimum Gasteiger partial charge on any atom is -0.481 e. The van der Waals surface area contributed by atoms with Gasteiger partial charge in [-0.1, -0.05) is 6.42 Å². The SMILES string of the molecule is O=C(O)CC1CCCCN1CCN1CCOCC1. The lowest BCUT2D eigenvalue weighted by molar-refractivity contribution is -0.138. The molecule has 0 aromatic carbocycles. The summed E-state index contributed by atoms with van der Waals surface area (Å²) in [5, 5.41) is 8.95. The first-order valence-corrected chi connectivity index (χ1v) is 7.01. The largest absolute Gasteiger partial charge is 0.481 e. The topological polar surface area (TPSA) is 53.0 Å². The van der Waals surface area contributed by atoms with Gasteiger partial charge in [0, 0.05) is 32.2 Å². The minimum atomic E-state index is -0.668. The van der Waals surface area contributed by atoms with Gasteiger partial charge in [-0.3, -0.25) is 14.6 Å². The summed E-state index contributed by atoms with van der Waals surface area (Å²) >= 11 is 0. The van der Waals surface area contributed by atoms with Gasteiger partial charge in [-0.25, -0.2) is 0 Å². The molecule has 5 nitrogen and oxygen atoms in total. The van der Waals surface area contributed by atoms with Crippen LogP contribution in [0.15, 0.2) is 0 Å². The second-order valence-electron chi connectivity index (χ2n) is 5.24. The van der Waals surface area contributed by atoms with E-state index in [0.29, 0.717) is 6.42 Å². The van der Waals surface area contributed by atoms with Crippen molar-refractivity contribution in [3.8, 4) is 0 Å². The Bertz CT molecular complexity index is 267. The predicted molar refractivity (Wildman–Crippen MR) is 68.7 cm³/mol. The number of nitrogens with zero attached hydrogens (tertiary/aromatic N) is 2. The summed E-state index contributed by atoms with van der Waals surface area (Å²) in [5.41, 5.74) is 0. The molecule has 0 spiro atoms. The number of aliphatic carboxylic acids is 1. The van der Waals surface area contributed by atoms with E-state index in [9.17, 15) is 4.79 Å². The normalized spacial score (nSPS) is 27.2. The number of morpholine rings is 1. The highest BCUT2D eigenvalue weighted by atomic mass is 16.5. The van der Waals surface area contributed by atoms with Gasteiger partial charge in [0.25, 0.3) is 0 Å². The molecule has 0 radical (unpaired) electrons. The third-order valence-electron chi connectivity index (χ3n) is 3.97. The smallest absolute Gasteiger partial charge is 0.304 e. The number of rotatable bonds is 5. The molecule has 18 heavy (non-hydrogen) atoms. The maximum Gasteiger partial charge on any atom is 0.304 e. The molecule has 1 atom stereocenters. The lowest BCUT2D eigenvalue weighted by atomic mass is 9.99. The molecule has 2 fully saturated rings. The third kappa shape index (κ3) is 4.23. The summed E-state index contributed by atoms with van der Waals surface area (Å²) in [7, 11) is 0. The Morgan fingerprint density at radius 3 is 2.67 bits per heavy atom. The highest BCUT2D eigenvalue weighted by Gasteiger charge is 2.24. The Morgan fingerprint density at radius 1 is 1.17 bits per heavy atom. The number of hydrogen-bond donors (Lipinski definition) is 1. The summed E-state index contributed by atoms with van der Waals surface area (Å²) in [6.45, 7) is 6.78. The lowest BCUT2D eigenvalue weighted by Gasteiger charge is -2.37. The first-order valence-electron chi connectivity index (χ1n) is 7.01. The Labute approximate surface area is 109 Å². The monoisotopic (exact) mass is 256 g/mol. The molecular formula is C13H24N2O3. The molecule has 0 amide bonds. The van der Waals surface area contributed by atoms with E-state index in [1.165, 1.54) is 12.8 Å². The van der Waals surface area contributed by atoms with E-state index in [4.69, 9.17) is 9.84 Å². The molecular weight excluding hydrogens is 232 g/mol. The summed E-state index contributed by atoms with van der Waals surface area (Å²) in [4.78, 5) is 15.6. The van der Waals surface area contributed by atoms with Gasteiger partial charge in [-0.2, -0.15) is 0 Å². The summed E-state index contributed by atoms with van der Waals surface area (Å²) < 4.78 is 5.33. The molecule has 104 valence electrons. The Hall–Kier alpha value is -0.650. The molecule has 1 N–H and O–H groups in total. The molecule has 2 rings (SSSR count). The van der Waals surface area contributed by atoms with Crippen LogP contribution in [-0.4, -0.2) is 72.9 Å². The van der Waals surface area contributed by atoms with Crippen molar-refractivity contribution < 1.29 is 14.6 Å². The second-order valence-corrected chi connectivity index (χ2v) is 5.24. The van der Waals surface area contributed by atoms with Crippen molar-refractivity contribution in [2.75, 3.05) is 45.9 Å².